The first kappa shape index (κ1) is 24.2. The molecule has 0 spiro atoms. The van der Waals surface area contributed by atoms with Gasteiger partial charge in [0, 0.05) is 64.3 Å². The Kier molecular flexibility index (Phi) is 9.77. The lowest BCUT2D eigenvalue weighted by molar-refractivity contribution is -0.137. The first-order valence-electron chi connectivity index (χ1n) is 12.1. The van der Waals surface area contributed by atoms with E-state index in [1.54, 1.807) is 0 Å². The largest absolute Gasteiger partial charge is 0.357 e. The van der Waals surface area contributed by atoms with E-state index < -0.39 is 6.43 Å². The van der Waals surface area contributed by atoms with Crippen molar-refractivity contribution in [2.75, 3.05) is 65.4 Å². The van der Waals surface area contributed by atoms with E-state index in [1.165, 1.54) is 12.8 Å². The Morgan fingerprint density at radius 2 is 1.68 bits per heavy atom. The van der Waals surface area contributed by atoms with Crippen molar-refractivity contribution in [1.29, 1.82) is 0 Å². The molecule has 0 atom stereocenters. The van der Waals surface area contributed by atoms with Gasteiger partial charge in [-0.1, -0.05) is 12.8 Å². The molecule has 0 aromatic heterocycles. The summed E-state index contributed by atoms with van der Waals surface area (Å²) < 4.78 is 25.1. The van der Waals surface area contributed by atoms with Crippen LogP contribution in [-0.4, -0.2) is 104 Å². The molecule has 0 radical (unpaired) electrons. The van der Waals surface area contributed by atoms with Crippen LogP contribution in [0.2, 0.25) is 0 Å². The average molecular weight is 443 g/mol. The second-order valence-electron chi connectivity index (χ2n) is 9.02. The second kappa shape index (κ2) is 12.5. The summed E-state index contributed by atoms with van der Waals surface area (Å²) in [5.74, 6) is 1.45. The maximum absolute atomic E-state index is 12.6. The van der Waals surface area contributed by atoms with Gasteiger partial charge >= 0.3 is 0 Å². The first-order chi connectivity index (χ1) is 15.0. The number of aliphatic imine (C=N–C) groups is 1. The van der Waals surface area contributed by atoms with Crippen molar-refractivity contribution in [3.63, 3.8) is 0 Å². The Morgan fingerprint density at radius 3 is 2.29 bits per heavy atom. The fourth-order valence-corrected chi connectivity index (χ4v) is 4.89. The highest BCUT2D eigenvalue weighted by atomic mass is 19.3. The SMILES string of the molecule is CCNC(=NCCN1CCN(C(=O)C2CCCC2)CC1)NC1CCN(CC(F)F)CC1. The van der Waals surface area contributed by atoms with Crippen LogP contribution in [0.15, 0.2) is 4.99 Å². The topological polar surface area (TPSA) is 63.2 Å². The van der Waals surface area contributed by atoms with E-state index >= 15 is 0 Å². The number of nitrogens with zero attached hydrogens (tertiary/aromatic N) is 4. The Bertz CT molecular complexity index is 568. The van der Waals surface area contributed by atoms with Gasteiger partial charge in [-0.2, -0.15) is 0 Å². The highest BCUT2D eigenvalue weighted by Crippen LogP contribution is 2.26. The fraction of sp³-hybridized carbons (Fsp3) is 0.909. The van der Waals surface area contributed by atoms with Gasteiger partial charge in [0.15, 0.2) is 5.96 Å². The average Bonchev–Trinajstić information content (AvgIpc) is 3.30. The zero-order valence-corrected chi connectivity index (χ0v) is 19.0. The van der Waals surface area contributed by atoms with Crippen molar-refractivity contribution in [1.82, 2.24) is 25.3 Å². The van der Waals surface area contributed by atoms with Crippen LogP contribution in [0.1, 0.15) is 45.4 Å². The van der Waals surface area contributed by atoms with Gasteiger partial charge in [-0.25, -0.2) is 8.78 Å². The summed E-state index contributed by atoms with van der Waals surface area (Å²) in [7, 11) is 0. The van der Waals surface area contributed by atoms with Crippen molar-refractivity contribution in [3.05, 3.63) is 0 Å². The predicted octanol–water partition coefficient (Wildman–Crippen LogP) is 1.61. The van der Waals surface area contributed by atoms with Gasteiger partial charge in [0.2, 0.25) is 5.91 Å². The van der Waals surface area contributed by atoms with Crippen molar-refractivity contribution in [3.8, 4) is 0 Å². The van der Waals surface area contributed by atoms with Crippen molar-refractivity contribution in [2.45, 2.75) is 57.9 Å². The molecule has 3 aliphatic rings. The highest BCUT2D eigenvalue weighted by molar-refractivity contribution is 5.80. The minimum absolute atomic E-state index is 0.125. The van der Waals surface area contributed by atoms with Gasteiger partial charge in [-0.3, -0.25) is 19.6 Å². The molecule has 9 heteroatoms. The van der Waals surface area contributed by atoms with Crippen molar-refractivity contribution >= 4 is 11.9 Å². The quantitative estimate of drug-likeness (QED) is 0.442. The number of carbonyl (C=O) groups excluding carboxylic acids is 1. The number of hydrogen-bond donors (Lipinski definition) is 2. The second-order valence-corrected chi connectivity index (χ2v) is 9.02. The third-order valence-electron chi connectivity index (χ3n) is 6.74. The van der Waals surface area contributed by atoms with Crippen LogP contribution in [0.25, 0.3) is 0 Å². The molecule has 0 aromatic rings. The molecule has 31 heavy (non-hydrogen) atoms. The number of alkyl halides is 2. The summed E-state index contributed by atoms with van der Waals surface area (Å²) in [5.41, 5.74) is 0. The Morgan fingerprint density at radius 1 is 1.00 bits per heavy atom. The molecule has 1 aliphatic carbocycles. The lowest BCUT2D eigenvalue weighted by Crippen LogP contribution is -2.51. The van der Waals surface area contributed by atoms with E-state index in [2.05, 4.69) is 20.4 Å². The number of amides is 1. The highest BCUT2D eigenvalue weighted by Gasteiger charge is 2.29. The van der Waals surface area contributed by atoms with Crippen molar-refractivity contribution < 1.29 is 13.6 Å². The minimum atomic E-state index is -2.26. The van der Waals surface area contributed by atoms with Crippen LogP contribution in [0.4, 0.5) is 8.78 Å². The van der Waals surface area contributed by atoms with E-state index in [1.807, 2.05) is 11.8 Å². The molecule has 2 heterocycles. The molecule has 1 amide bonds. The van der Waals surface area contributed by atoms with E-state index in [0.717, 1.165) is 70.9 Å². The van der Waals surface area contributed by atoms with Gasteiger partial charge in [0.05, 0.1) is 13.1 Å². The summed E-state index contributed by atoms with van der Waals surface area (Å²) in [5, 5.41) is 6.77. The number of guanidine groups is 1. The summed E-state index contributed by atoms with van der Waals surface area (Å²) >= 11 is 0. The molecule has 2 aliphatic heterocycles. The lowest BCUT2D eigenvalue weighted by Gasteiger charge is -2.35. The molecule has 0 unspecified atom stereocenters. The summed E-state index contributed by atoms with van der Waals surface area (Å²) in [6.07, 6.45) is 3.99. The first-order valence-corrected chi connectivity index (χ1v) is 12.1. The predicted molar refractivity (Wildman–Crippen MR) is 120 cm³/mol. The zero-order valence-electron chi connectivity index (χ0n) is 19.0. The number of piperazine rings is 1. The van der Waals surface area contributed by atoms with Crippen LogP contribution in [0.3, 0.4) is 0 Å². The normalized spacial score (nSPS) is 23.0. The molecular weight excluding hydrogens is 402 g/mol. The maximum Gasteiger partial charge on any atom is 0.251 e. The van der Waals surface area contributed by atoms with Crippen LogP contribution in [0.5, 0.6) is 0 Å². The van der Waals surface area contributed by atoms with Crippen LogP contribution in [-0.2, 0) is 4.79 Å². The molecule has 0 bridgehead atoms. The minimum Gasteiger partial charge on any atom is -0.357 e. The molecule has 2 saturated heterocycles. The number of hydrogen-bond acceptors (Lipinski definition) is 4. The van der Waals surface area contributed by atoms with Gasteiger partial charge in [-0.15, -0.1) is 0 Å². The van der Waals surface area contributed by atoms with Gasteiger partial charge < -0.3 is 15.5 Å². The smallest absolute Gasteiger partial charge is 0.251 e. The standard InChI is InChI=1S/C22H40F2N6O/c1-2-25-22(27-19-7-10-29(11-8-19)17-20(23)24)26-9-12-28-13-15-30(16-14-28)21(31)18-5-3-4-6-18/h18-20H,2-17H2,1H3,(H2,25,26,27). The molecular formula is C22H40F2N6O. The van der Waals surface area contributed by atoms with Crippen LogP contribution in [0, 0.1) is 5.92 Å². The molecule has 2 N–H and O–H groups in total. The number of carbonyl (C=O) groups is 1. The summed E-state index contributed by atoms with van der Waals surface area (Å²) in [6, 6.07) is 0.275. The third-order valence-corrected chi connectivity index (χ3v) is 6.74. The molecule has 7 nitrogen and oxygen atoms in total. The lowest BCUT2D eigenvalue weighted by atomic mass is 10.1. The number of halogens is 2. The summed E-state index contributed by atoms with van der Waals surface area (Å²) in [4.78, 5) is 23.6. The Balaban J connectivity index is 1.35. The Labute approximate surface area is 185 Å². The van der Waals surface area contributed by atoms with Gasteiger partial charge in [0.25, 0.3) is 6.43 Å². The van der Waals surface area contributed by atoms with E-state index in [4.69, 9.17) is 4.99 Å². The monoisotopic (exact) mass is 442 g/mol. The molecule has 0 aromatic carbocycles. The Hall–Kier alpha value is -1.48. The van der Waals surface area contributed by atoms with Gasteiger partial charge in [-0.05, 0) is 32.6 Å². The number of likely N-dealkylation sites (tertiary alicyclic amines) is 1. The number of rotatable bonds is 8. The fourth-order valence-electron chi connectivity index (χ4n) is 4.89. The number of nitrogens with one attached hydrogen (secondary N) is 2. The van der Waals surface area contributed by atoms with Gasteiger partial charge in [0.1, 0.15) is 0 Å². The van der Waals surface area contributed by atoms with Crippen molar-refractivity contribution in [2.24, 2.45) is 10.9 Å². The molecule has 1 saturated carbocycles. The summed E-state index contributed by atoms with van der Waals surface area (Å²) in [6.45, 7) is 9.19. The van der Waals surface area contributed by atoms with Crippen LogP contribution < -0.4 is 10.6 Å². The van der Waals surface area contributed by atoms with Crippen LogP contribution >= 0.6 is 0 Å². The van der Waals surface area contributed by atoms with E-state index in [0.29, 0.717) is 25.5 Å². The zero-order chi connectivity index (χ0) is 22.1. The van der Waals surface area contributed by atoms with E-state index in [9.17, 15) is 13.6 Å². The van der Waals surface area contributed by atoms with E-state index in [-0.39, 0.29) is 18.5 Å². The molecule has 3 fully saturated rings. The third kappa shape index (κ3) is 7.86. The maximum atomic E-state index is 12.6. The molecule has 178 valence electrons. The number of piperidine rings is 1. The molecule has 3 rings (SSSR count).